The van der Waals surface area contributed by atoms with Crippen LogP contribution in [-0.4, -0.2) is 20.9 Å². The monoisotopic (exact) mass is 480 g/mol. The molecule has 1 amide bonds. The average Bonchev–Trinajstić information content (AvgIpc) is 2.78. The van der Waals surface area contributed by atoms with Gasteiger partial charge in [0, 0.05) is 16.5 Å². The molecule has 3 aromatic carbocycles. The van der Waals surface area contributed by atoms with Crippen molar-refractivity contribution in [3.05, 3.63) is 105 Å². The molecule has 4 aromatic rings. The third-order valence-corrected chi connectivity index (χ3v) is 5.38. The molecule has 4 rings (SSSR count). The topological polar surface area (TPSA) is 76.9 Å². The van der Waals surface area contributed by atoms with E-state index in [9.17, 15) is 14.0 Å². The maximum atomic E-state index is 14.6. The minimum atomic E-state index is -0.666. The van der Waals surface area contributed by atoms with Gasteiger partial charge < -0.3 is 5.32 Å². The van der Waals surface area contributed by atoms with E-state index in [2.05, 4.69) is 31.6 Å². The number of carbonyl (C=O) groups excluding carboxylic acids is 1. The highest BCUT2D eigenvalue weighted by Gasteiger charge is 2.20. The van der Waals surface area contributed by atoms with Gasteiger partial charge in [-0.25, -0.2) is 9.07 Å². The lowest BCUT2D eigenvalue weighted by Crippen LogP contribution is -2.32. The first-order valence-corrected chi connectivity index (χ1v) is 10.4. The van der Waals surface area contributed by atoms with Crippen molar-refractivity contribution in [3.8, 4) is 0 Å². The number of carbonyl (C=O) groups is 1. The van der Waals surface area contributed by atoms with E-state index < -0.39 is 11.9 Å². The number of hydrogen-bond donors (Lipinski definition) is 1. The van der Waals surface area contributed by atoms with Crippen LogP contribution in [0, 0.1) is 5.82 Å². The molecule has 6 nitrogen and oxygen atoms in total. The maximum Gasteiger partial charge on any atom is 0.277 e. The number of fused-ring (bicyclic) bond motifs is 1. The van der Waals surface area contributed by atoms with Gasteiger partial charge in [-0.2, -0.15) is 0 Å². The van der Waals surface area contributed by atoms with Crippen molar-refractivity contribution in [2.24, 2.45) is 0 Å². The standard InChI is InChI=1S/C23H18BrFN4O2/c24-16-10-11-17(19(25)14-16)22(15-6-2-1-3-7-15)26-21(30)12-13-29-23(31)18-8-4-5-9-20(18)27-28-29/h1-11,14,22H,12-13H2,(H,26,30). The van der Waals surface area contributed by atoms with Crippen molar-refractivity contribution >= 4 is 32.7 Å². The van der Waals surface area contributed by atoms with Crippen LogP contribution in [0.3, 0.4) is 0 Å². The van der Waals surface area contributed by atoms with E-state index in [4.69, 9.17) is 0 Å². The SMILES string of the molecule is O=C(CCn1nnc2ccccc2c1=O)NC(c1ccccc1)c1ccc(Br)cc1F. The molecule has 0 aliphatic carbocycles. The summed E-state index contributed by atoms with van der Waals surface area (Å²) in [6.45, 7) is 0.0623. The summed E-state index contributed by atoms with van der Waals surface area (Å²) in [5.74, 6) is -0.766. The zero-order valence-electron chi connectivity index (χ0n) is 16.3. The number of aromatic nitrogens is 3. The summed E-state index contributed by atoms with van der Waals surface area (Å²) in [4.78, 5) is 25.3. The molecule has 1 atom stereocenters. The van der Waals surface area contributed by atoms with Gasteiger partial charge >= 0.3 is 0 Å². The Morgan fingerprint density at radius 2 is 1.81 bits per heavy atom. The molecule has 0 aliphatic heterocycles. The van der Waals surface area contributed by atoms with Gasteiger partial charge in [-0.1, -0.05) is 69.7 Å². The van der Waals surface area contributed by atoms with Crippen LogP contribution in [0.1, 0.15) is 23.6 Å². The van der Waals surface area contributed by atoms with Crippen molar-refractivity contribution in [3.63, 3.8) is 0 Å². The molecule has 0 fully saturated rings. The van der Waals surface area contributed by atoms with Gasteiger partial charge in [-0.3, -0.25) is 9.59 Å². The number of benzene rings is 3. The number of rotatable bonds is 6. The van der Waals surface area contributed by atoms with Crippen molar-refractivity contribution in [1.82, 2.24) is 20.3 Å². The Morgan fingerprint density at radius 1 is 1.06 bits per heavy atom. The van der Waals surface area contributed by atoms with E-state index in [0.29, 0.717) is 20.9 Å². The Kier molecular flexibility index (Phi) is 6.18. The number of amides is 1. The largest absolute Gasteiger partial charge is 0.345 e. The number of halogens is 2. The van der Waals surface area contributed by atoms with Gasteiger partial charge in [0.25, 0.3) is 5.56 Å². The normalized spacial score (nSPS) is 11.9. The van der Waals surface area contributed by atoms with Crippen LogP contribution in [0.5, 0.6) is 0 Å². The molecule has 1 aromatic heterocycles. The first-order chi connectivity index (χ1) is 15.0. The molecular weight excluding hydrogens is 463 g/mol. The second-order valence-electron chi connectivity index (χ2n) is 6.96. The minimum absolute atomic E-state index is 0.00555. The van der Waals surface area contributed by atoms with Gasteiger partial charge in [0.15, 0.2) is 0 Å². The van der Waals surface area contributed by atoms with Crippen molar-refractivity contribution in [2.45, 2.75) is 19.0 Å². The fourth-order valence-electron chi connectivity index (χ4n) is 3.33. The molecule has 156 valence electrons. The summed E-state index contributed by atoms with van der Waals surface area (Å²) in [5, 5.41) is 11.3. The second kappa shape index (κ2) is 9.18. The molecule has 0 spiro atoms. The Hall–Kier alpha value is -3.39. The zero-order valence-corrected chi connectivity index (χ0v) is 17.9. The van der Waals surface area contributed by atoms with Gasteiger partial charge in [-0.05, 0) is 29.8 Å². The third-order valence-electron chi connectivity index (χ3n) is 4.89. The van der Waals surface area contributed by atoms with Crippen LogP contribution in [0.2, 0.25) is 0 Å². The third kappa shape index (κ3) is 4.69. The highest BCUT2D eigenvalue weighted by atomic mass is 79.9. The molecular formula is C23H18BrFN4O2. The molecule has 1 heterocycles. The molecule has 0 aliphatic rings. The van der Waals surface area contributed by atoms with Gasteiger partial charge in [0.1, 0.15) is 11.3 Å². The van der Waals surface area contributed by atoms with Crippen LogP contribution >= 0.6 is 15.9 Å². The van der Waals surface area contributed by atoms with E-state index >= 15 is 0 Å². The zero-order chi connectivity index (χ0) is 21.8. The minimum Gasteiger partial charge on any atom is -0.345 e. The predicted molar refractivity (Wildman–Crippen MR) is 119 cm³/mol. The predicted octanol–water partition coefficient (Wildman–Crippen LogP) is 3.99. The Labute approximate surface area is 185 Å². The molecule has 8 heteroatoms. The molecule has 31 heavy (non-hydrogen) atoms. The molecule has 0 saturated carbocycles. The van der Waals surface area contributed by atoms with Gasteiger partial charge in [0.2, 0.25) is 5.91 Å². The average molecular weight is 481 g/mol. The highest BCUT2D eigenvalue weighted by Crippen LogP contribution is 2.26. The first kappa shape index (κ1) is 20.9. The smallest absolute Gasteiger partial charge is 0.277 e. The summed E-state index contributed by atoms with van der Waals surface area (Å²) in [5.41, 5.74) is 1.30. The highest BCUT2D eigenvalue weighted by molar-refractivity contribution is 9.10. The van der Waals surface area contributed by atoms with Gasteiger partial charge in [0.05, 0.1) is 18.0 Å². The van der Waals surface area contributed by atoms with Crippen molar-refractivity contribution in [1.29, 1.82) is 0 Å². The molecule has 1 N–H and O–H groups in total. The van der Waals surface area contributed by atoms with Crippen molar-refractivity contribution in [2.75, 3.05) is 0 Å². The summed E-state index contributed by atoms with van der Waals surface area (Å²) >= 11 is 3.25. The fraction of sp³-hybridized carbons (Fsp3) is 0.130. The van der Waals surface area contributed by atoms with Gasteiger partial charge in [-0.15, -0.1) is 5.10 Å². The number of nitrogens with zero attached hydrogens (tertiary/aromatic N) is 3. The molecule has 0 saturated heterocycles. The molecule has 0 bridgehead atoms. The summed E-state index contributed by atoms with van der Waals surface area (Å²) in [6, 6.07) is 20.1. The van der Waals surface area contributed by atoms with Crippen molar-refractivity contribution < 1.29 is 9.18 Å². The summed E-state index contributed by atoms with van der Waals surface area (Å²) in [7, 11) is 0. The number of nitrogens with one attached hydrogen (secondary N) is 1. The first-order valence-electron chi connectivity index (χ1n) is 9.65. The Bertz CT molecular complexity index is 1290. The quantitative estimate of drug-likeness (QED) is 0.452. The number of hydrogen-bond acceptors (Lipinski definition) is 4. The lowest BCUT2D eigenvalue weighted by atomic mass is 9.98. The van der Waals surface area contributed by atoms with Crippen LogP contribution < -0.4 is 10.9 Å². The second-order valence-corrected chi connectivity index (χ2v) is 7.88. The van der Waals surface area contributed by atoms with E-state index in [1.54, 1.807) is 36.4 Å². The Balaban J connectivity index is 1.54. The molecule has 1 unspecified atom stereocenters. The maximum absolute atomic E-state index is 14.6. The van der Waals surface area contributed by atoms with E-state index in [0.717, 1.165) is 5.56 Å². The lowest BCUT2D eigenvalue weighted by molar-refractivity contribution is -0.121. The van der Waals surface area contributed by atoms with E-state index in [1.165, 1.54) is 10.7 Å². The summed E-state index contributed by atoms with van der Waals surface area (Å²) in [6.07, 6.45) is -0.00555. The van der Waals surface area contributed by atoms with Crippen LogP contribution in [0.15, 0.2) is 82.1 Å². The number of aryl methyl sites for hydroxylation is 1. The van der Waals surface area contributed by atoms with E-state index in [1.807, 2.05) is 30.3 Å². The van der Waals surface area contributed by atoms with Crippen LogP contribution in [-0.2, 0) is 11.3 Å². The fourth-order valence-corrected chi connectivity index (χ4v) is 3.67. The van der Waals surface area contributed by atoms with E-state index in [-0.39, 0.29) is 24.4 Å². The Morgan fingerprint density at radius 3 is 2.58 bits per heavy atom. The van der Waals surface area contributed by atoms with Crippen LogP contribution in [0.25, 0.3) is 10.9 Å². The lowest BCUT2D eigenvalue weighted by Gasteiger charge is -2.20. The molecule has 0 radical (unpaired) electrons. The summed E-state index contributed by atoms with van der Waals surface area (Å²) < 4.78 is 16.4. The van der Waals surface area contributed by atoms with Crippen LogP contribution in [0.4, 0.5) is 4.39 Å².